The summed E-state index contributed by atoms with van der Waals surface area (Å²) in [5.41, 5.74) is 1.82. The monoisotopic (exact) mass is 437 g/mol. The quantitative estimate of drug-likeness (QED) is 0.250. The van der Waals surface area contributed by atoms with E-state index in [-0.39, 0.29) is 0 Å². The Morgan fingerprint density at radius 1 is 0.485 bits per heavy atom. The van der Waals surface area contributed by atoms with E-state index in [0.717, 1.165) is 39.7 Å². The van der Waals surface area contributed by atoms with E-state index in [0.29, 0.717) is 5.69 Å². The van der Waals surface area contributed by atoms with Gasteiger partial charge in [0.2, 0.25) is 0 Å². The summed E-state index contributed by atoms with van der Waals surface area (Å²) in [5.74, 6) is 0. The number of nitrogens with zero attached hydrogens (tertiary/aromatic N) is 1. The summed E-state index contributed by atoms with van der Waals surface area (Å²) < 4.78 is 39.6. The van der Waals surface area contributed by atoms with Crippen LogP contribution in [0.2, 0.25) is 0 Å². The molecule has 0 saturated heterocycles. The molecule has 0 fully saturated rings. The fourth-order valence-electron chi connectivity index (χ4n) is 4.72. The largest absolute Gasteiger partial charge is 0.416 e. The van der Waals surface area contributed by atoms with Gasteiger partial charge in [-0.25, -0.2) is 0 Å². The van der Waals surface area contributed by atoms with E-state index in [4.69, 9.17) is 0 Å². The van der Waals surface area contributed by atoms with Gasteiger partial charge in [-0.1, -0.05) is 66.7 Å². The average molecular weight is 437 g/mol. The number of alkyl halides is 3. The first-order chi connectivity index (χ1) is 16.0. The fourth-order valence-corrected chi connectivity index (χ4v) is 4.72. The smallest absolute Gasteiger partial charge is 0.310 e. The van der Waals surface area contributed by atoms with Gasteiger partial charge in [0.15, 0.2) is 0 Å². The van der Waals surface area contributed by atoms with Crippen molar-refractivity contribution >= 4 is 49.4 Å². The van der Waals surface area contributed by atoms with Crippen molar-refractivity contribution in [3.63, 3.8) is 0 Å². The molecule has 6 aromatic carbocycles. The molecule has 6 rings (SSSR count). The Morgan fingerprint density at radius 2 is 1.06 bits per heavy atom. The van der Waals surface area contributed by atoms with Crippen LogP contribution in [0.5, 0.6) is 0 Å². The second-order valence-corrected chi connectivity index (χ2v) is 8.16. The van der Waals surface area contributed by atoms with Crippen molar-refractivity contribution in [2.45, 2.75) is 6.18 Å². The molecule has 33 heavy (non-hydrogen) atoms. The number of anilines is 3. The molecule has 0 atom stereocenters. The van der Waals surface area contributed by atoms with Crippen LogP contribution >= 0.6 is 0 Å². The van der Waals surface area contributed by atoms with Gasteiger partial charge in [-0.3, -0.25) is 0 Å². The Morgan fingerprint density at radius 3 is 1.73 bits per heavy atom. The zero-order valence-corrected chi connectivity index (χ0v) is 17.5. The van der Waals surface area contributed by atoms with Gasteiger partial charge in [0.05, 0.1) is 11.3 Å². The Labute approximate surface area is 188 Å². The minimum Gasteiger partial charge on any atom is -0.310 e. The molecule has 0 saturated carbocycles. The Kier molecular flexibility index (Phi) is 4.31. The van der Waals surface area contributed by atoms with Crippen molar-refractivity contribution in [1.82, 2.24) is 0 Å². The lowest BCUT2D eigenvalue weighted by molar-refractivity contribution is -0.137. The Balaban J connectivity index is 1.64. The minimum atomic E-state index is -4.37. The Bertz CT molecular complexity index is 1570. The second kappa shape index (κ2) is 7.24. The average Bonchev–Trinajstić information content (AvgIpc) is 2.84. The first-order valence-corrected chi connectivity index (χ1v) is 10.7. The third kappa shape index (κ3) is 3.18. The molecular formula is C29H18F3N. The van der Waals surface area contributed by atoms with E-state index < -0.39 is 11.7 Å². The molecular weight excluding hydrogens is 419 g/mol. The molecule has 6 aromatic rings. The summed E-state index contributed by atoms with van der Waals surface area (Å²) in [6, 6.07) is 34.0. The third-order valence-electron chi connectivity index (χ3n) is 6.21. The number of halogens is 3. The molecule has 0 bridgehead atoms. The van der Waals surface area contributed by atoms with Crippen LogP contribution in [0.1, 0.15) is 5.56 Å². The Hall–Kier alpha value is -4.05. The van der Waals surface area contributed by atoms with Crippen LogP contribution in [0.25, 0.3) is 32.3 Å². The molecule has 0 aromatic heterocycles. The minimum absolute atomic E-state index is 0.658. The zero-order chi connectivity index (χ0) is 22.6. The van der Waals surface area contributed by atoms with Gasteiger partial charge >= 0.3 is 6.18 Å². The maximum absolute atomic E-state index is 13.2. The number of para-hydroxylation sites is 1. The van der Waals surface area contributed by atoms with E-state index in [1.165, 1.54) is 28.3 Å². The normalized spacial score (nSPS) is 12.1. The van der Waals surface area contributed by atoms with Crippen LogP contribution in [-0.4, -0.2) is 0 Å². The lowest BCUT2D eigenvalue weighted by Gasteiger charge is -2.28. The van der Waals surface area contributed by atoms with E-state index in [1.54, 1.807) is 0 Å². The fraction of sp³-hybridized carbons (Fsp3) is 0.0345. The van der Waals surface area contributed by atoms with Crippen molar-refractivity contribution in [2.75, 3.05) is 4.90 Å². The molecule has 0 aliphatic carbocycles. The van der Waals surface area contributed by atoms with Crippen LogP contribution in [0.4, 0.5) is 30.2 Å². The number of rotatable bonds is 3. The van der Waals surface area contributed by atoms with Crippen molar-refractivity contribution in [1.29, 1.82) is 0 Å². The van der Waals surface area contributed by atoms with Gasteiger partial charge in [0.25, 0.3) is 0 Å². The van der Waals surface area contributed by atoms with Gasteiger partial charge in [-0.2, -0.15) is 13.2 Å². The van der Waals surface area contributed by atoms with Crippen molar-refractivity contribution < 1.29 is 13.2 Å². The molecule has 160 valence electrons. The molecule has 0 radical (unpaired) electrons. The third-order valence-corrected chi connectivity index (χ3v) is 6.21. The molecule has 1 nitrogen and oxygen atoms in total. The van der Waals surface area contributed by atoms with Crippen molar-refractivity contribution in [2.24, 2.45) is 0 Å². The topological polar surface area (TPSA) is 3.24 Å². The summed E-state index contributed by atoms with van der Waals surface area (Å²) in [6.45, 7) is 0. The zero-order valence-electron chi connectivity index (χ0n) is 17.5. The van der Waals surface area contributed by atoms with Gasteiger partial charge < -0.3 is 4.90 Å². The highest BCUT2D eigenvalue weighted by atomic mass is 19.4. The van der Waals surface area contributed by atoms with Crippen LogP contribution in [0.3, 0.4) is 0 Å². The van der Waals surface area contributed by atoms with Crippen LogP contribution < -0.4 is 4.90 Å². The highest BCUT2D eigenvalue weighted by molar-refractivity contribution is 6.25. The molecule has 0 amide bonds. The SMILES string of the molecule is FC(F)(F)c1ccc(N(c2ccccc2)c2ccc3ccc4cccc5ccc2c3c45)cc1. The van der Waals surface area contributed by atoms with Crippen molar-refractivity contribution in [3.8, 4) is 0 Å². The van der Waals surface area contributed by atoms with Gasteiger partial charge in [0, 0.05) is 16.8 Å². The van der Waals surface area contributed by atoms with E-state index in [2.05, 4.69) is 48.5 Å². The van der Waals surface area contributed by atoms with E-state index in [9.17, 15) is 13.2 Å². The molecule has 0 unspecified atom stereocenters. The predicted octanol–water partition coefficient (Wildman–Crippen LogP) is 9.07. The van der Waals surface area contributed by atoms with Gasteiger partial charge in [-0.05, 0) is 69.4 Å². The summed E-state index contributed by atoms with van der Waals surface area (Å²) in [7, 11) is 0. The summed E-state index contributed by atoms with van der Waals surface area (Å²) >= 11 is 0. The van der Waals surface area contributed by atoms with Crippen LogP contribution in [0, 0.1) is 0 Å². The predicted molar refractivity (Wildman–Crippen MR) is 130 cm³/mol. The summed E-state index contributed by atoms with van der Waals surface area (Å²) in [4.78, 5) is 2.02. The number of benzene rings is 6. The van der Waals surface area contributed by atoms with Gasteiger partial charge in [0.1, 0.15) is 0 Å². The molecule has 0 N–H and O–H groups in total. The first-order valence-electron chi connectivity index (χ1n) is 10.7. The lowest BCUT2D eigenvalue weighted by Crippen LogP contribution is -2.11. The molecule has 0 aliphatic heterocycles. The molecule has 0 heterocycles. The van der Waals surface area contributed by atoms with Gasteiger partial charge in [-0.15, -0.1) is 0 Å². The highest BCUT2D eigenvalue weighted by Crippen LogP contribution is 2.44. The number of hydrogen-bond donors (Lipinski definition) is 0. The van der Waals surface area contributed by atoms with Crippen molar-refractivity contribution in [3.05, 3.63) is 115 Å². The molecule has 0 aliphatic rings. The molecule has 0 spiro atoms. The van der Waals surface area contributed by atoms with E-state index >= 15 is 0 Å². The maximum Gasteiger partial charge on any atom is 0.416 e. The number of hydrogen-bond acceptors (Lipinski definition) is 1. The van der Waals surface area contributed by atoms with Crippen LogP contribution in [-0.2, 0) is 6.18 Å². The second-order valence-electron chi connectivity index (χ2n) is 8.16. The summed E-state index contributed by atoms with van der Waals surface area (Å²) in [6.07, 6.45) is -4.37. The lowest BCUT2D eigenvalue weighted by atomic mass is 9.93. The van der Waals surface area contributed by atoms with E-state index in [1.807, 2.05) is 41.3 Å². The highest BCUT2D eigenvalue weighted by Gasteiger charge is 2.30. The summed E-state index contributed by atoms with van der Waals surface area (Å²) in [5, 5.41) is 6.90. The maximum atomic E-state index is 13.2. The molecule has 4 heteroatoms. The van der Waals surface area contributed by atoms with Crippen LogP contribution in [0.15, 0.2) is 109 Å². The standard InChI is InChI=1S/C29H18F3N/c30-29(31,32)22-13-15-24(16-14-22)33(23-7-2-1-3-8-23)26-18-12-21-10-9-19-5-4-6-20-11-17-25(26)28(21)27(19)20/h1-18H. The first kappa shape index (κ1) is 19.6.